The minimum atomic E-state index is -3.37. The molecule has 0 unspecified atom stereocenters. The van der Waals surface area contributed by atoms with E-state index >= 15 is 0 Å². The Labute approximate surface area is 131 Å². The lowest BCUT2D eigenvalue weighted by molar-refractivity contribution is 0.102. The van der Waals surface area contributed by atoms with Crippen molar-refractivity contribution in [3.8, 4) is 0 Å². The summed E-state index contributed by atoms with van der Waals surface area (Å²) in [7, 11) is -3.37. The molecule has 0 aliphatic carbocycles. The number of rotatable bonds is 4. The average molecular weight is 369 g/mol. The van der Waals surface area contributed by atoms with Gasteiger partial charge in [-0.3, -0.25) is 9.52 Å². The van der Waals surface area contributed by atoms with E-state index in [1.807, 2.05) is 18.2 Å². The maximum Gasteiger partial charge on any atom is 0.255 e. The van der Waals surface area contributed by atoms with Crippen molar-refractivity contribution in [2.45, 2.75) is 0 Å². The molecule has 2 N–H and O–H groups in total. The van der Waals surface area contributed by atoms with Crippen molar-refractivity contribution in [1.29, 1.82) is 0 Å². The van der Waals surface area contributed by atoms with E-state index in [1.165, 1.54) is 6.07 Å². The Hall–Kier alpha value is -1.86. The molecule has 110 valence electrons. The normalized spacial score (nSPS) is 11.0. The van der Waals surface area contributed by atoms with Gasteiger partial charge in [0.25, 0.3) is 5.91 Å². The van der Waals surface area contributed by atoms with Crippen LogP contribution in [0.5, 0.6) is 0 Å². The molecular formula is C14H13BrN2O3S. The second-order valence-corrected chi connectivity index (χ2v) is 6.99. The van der Waals surface area contributed by atoms with Crippen LogP contribution in [-0.4, -0.2) is 20.6 Å². The smallest absolute Gasteiger partial charge is 0.255 e. The Kier molecular flexibility index (Phi) is 4.64. The van der Waals surface area contributed by atoms with Crippen molar-refractivity contribution < 1.29 is 13.2 Å². The quantitative estimate of drug-likeness (QED) is 0.870. The maximum atomic E-state index is 12.2. The van der Waals surface area contributed by atoms with Gasteiger partial charge < -0.3 is 5.32 Å². The predicted molar refractivity (Wildman–Crippen MR) is 87.0 cm³/mol. The number of amides is 1. The van der Waals surface area contributed by atoms with Crippen LogP contribution in [-0.2, 0) is 10.0 Å². The van der Waals surface area contributed by atoms with Gasteiger partial charge in [0.05, 0.1) is 11.9 Å². The van der Waals surface area contributed by atoms with E-state index in [4.69, 9.17) is 0 Å². The van der Waals surface area contributed by atoms with Crippen LogP contribution >= 0.6 is 15.9 Å². The minimum absolute atomic E-state index is 0.320. The van der Waals surface area contributed by atoms with Gasteiger partial charge in [-0.2, -0.15) is 0 Å². The Balaban J connectivity index is 2.20. The zero-order chi connectivity index (χ0) is 15.5. The topological polar surface area (TPSA) is 75.3 Å². The standard InChI is InChI=1S/C14H13BrN2O3S/c1-21(19,20)17-11-6-4-5-10(9-11)14(18)16-13-8-3-2-7-12(13)15/h2-9,17H,1H3,(H,16,18). The van der Waals surface area contributed by atoms with Crippen molar-refractivity contribution in [2.24, 2.45) is 0 Å². The first-order chi connectivity index (χ1) is 9.85. The highest BCUT2D eigenvalue weighted by molar-refractivity contribution is 9.10. The van der Waals surface area contributed by atoms with E-state index in [0.29, 0.717) is 16.9 Å². The van der Waals surface area contributed by atoms with E-state index in [-0.39, 0.29) is 5.91 Å². The molecule has 1 amide bonds. The molecule has 0 saturated heterocycles. The molecule has 0 heterocycles. The minimum Gasteiger partial charge on any atom is -0.321 e. The summed E-state index contributed by atoms with van der Waals surface area (Å²) in [4.78, 5) is 12.2. The third kappa shape index (κ3) is 4.57. The number of sulfonamides is 1. The van der Waals surface area contributed by atoms with Crippen molar-refractivity contribution in [1.82, 2.24) is 0 Å². The molecule has 5 nitrogen and oxygen atoms in total. The largest absolute Gasteiger partial charge is 0.321 e. The van der Waals surface area contributed by atoms with E-state index in [2.05, 4.69) is 26.0 Å². The van der Waals surface area contributed by atoms with Crippen molar-refractivity contribution in [2.75, 3.05) is 16.3 Å². The second kappa shape index (κ2) is 6.28. The van der Waals surface area contributed by atoms with Crippen LogP contribution in [0.25, 0.3) is 0 Å². The number of anilines is 2. The van der Waals surface area contributed by atoms with E-state index in [0.717, 1.165) is 10.7 Å². The van der Waals surface area contributed by atoms with Crippen LogP contribution in [0.3, 0.4) is 0 Å². The van der Waals surface area contributed by atoms with E-state index in [1.54, 1.807) is 24.3 Å². The van der Waals surface area contributed by atoms with Crippen LogP contribution in [0.1, 0.15) is 10.4 Å². The van der Waals surface area contributed by atoms with Crippen LogP contribution in [0.2, 0.25) is 0 Å². The van der Waals surface area contributed by atoms with Crippen molar-refractivity contribution in [3.05, 3.63) is 58.6 Å². The Morgan fingerprint density at radius 2 is 1.81 bits per heavy atom. The summed E-state index contributed by atoms with van der Waals surface area (Å²) in [5.74, 6) is -0.320. The Morgan fingerprint density at radius 3 is 2.48 bits per heavy atom. The lowest BCUT2D eigenvalue weighted by atomic mass is 10.2. The molecule has 2 aromatic rings. The zero-order valence-electron chi connectivity index (χ0n) is 11.1. The first-order valence-corrected chi connectivity index (χ1v) is 8.67. The third-order valence-electron chi connectivity index (χ3n) is 2.55. The molecule has 0 radical (unpaired) electrons. The highest BCUT2D eigenvalue weighted by Gasteiger charge is 2.10. The SMILES string of the molecule is CS(=O)(=O)Nc1cccc(C(=O)Nc2ccccc2Br)c1. The number of benzene rings is 2. The van der Waals surface area contributed by atoms with Crippen LogP contribution < -0.4 is 10.0 Å². The van der Waals surface area contributed by atoms with Gasteiger partial charge in [0.1, 0.15) is 0 Å². The van der Waals surface area contributed by atoms with Crippen molar-refractivity contribution >= 4 is 43.2 Å². The number of hydrogen-bond donors (Lipinski definition) is 2. The molecule has 0 aromatic heterocycles. The number of hydrogen-bond acceptors (Lipinski definition) is 3. The Bertz CT molecular complexity index is 775. The fourth-order valence-electron chi connectivity index (χ4n) is 1.70. The van der Waals surface area contributed by atoms with Crippen molar-refractivity contribution in [3.63, 3.8) is 0 Å². The molecule has 0 fully saturated rings. The van der Waals surface area contributed by atoms with Gasteiger partial charge in [0.2, 0.25) is 10.0 Å². The summed E-state index contributed by atoms with van der Waals surface area (Å²) >= 11 is 3.35. The fraction of sp³-hybridized carbons (Fsp3) is 0.0714. The number of carbonyl (C=O) groups excluding carboxylic acids is 1. The molecule has 0 bridgehead atoms. The second-order valence-electron chi connectivity index (χ2n) is 4.39. The van der Waals surface area contributed by atoms with Gasteiger partial charge in [0.15, 0.2) is 0 Å². The molecule has 2 aromatic carbocycles. The van der Waals surface area contributed by atoms with Gasteiger partial charge in [0, 0.05) is 15.7 Å². The highest BCUT2D eigenvalue weighted by Crippen LogP contribution is 2.22. The molecule has 0 atom stereocenters. The summed E-state index contributed by atoms with van der Waals surface area (Å²) in [6.07, 6.45) is 1.06. The highest BCUT2D eigenvalue weighted by atomic mass is 79.9. The predicted octanol–water partition coefficient (Wildman–Crippen LogP) is 3.07. The van der Waals surface area contributed by atoms with Crippen LogP contribution in [0.4, 0.5) is 11.4 Å². The van der Waals surface area contributed by atoms with Gasteiger partial charge in [-0.05, 0) is 46.3 Å². The molecule has 21 heavy (non-hydrogen) atoms. The Morgan fingerprint density at radius 1 is 1.10 bits per heavy atom. The van der Waals surface area contributed by atoms with Gasteiger partial charge in [-0.25, -0.2) is 8.42 Å². The number of carbonyl (C=O) groups is 1. The molecular weight excluding hydrogens is 356 g/mol. The zero-order valence-corrected chi connectivity index (χ0v) is 13.5. The molecule has 7 heteroatoms. The van der Waals surface area contributed by atoms with Crippen LogP contribution in [0, 0.1) is 0 Å². The first-order valence-electron chi connectivity index (χ1n) is 5.99. The lowest BCUT2D eigenvalue weighted by Gasteiger charge is -2.09. The summed E-state index contributed by atoms with van der Waals surface area (Å²) in [5.41, 5.74) is 1.35. The van der Waals surface area contributed by atoms with Gasteiger partial charge in [-0.1, -0.05) is 18.2 Å². The van der Waals surface area contributed by atoms with Gasteiger partial charge in [-0.15, -0.1) is 0 Å². The summed E-state index contributed by atoms with van der Waals surface area (Å²) in [6.45, 7) is 0. The summed E-state index contributed by atoms with van der Waals surface area (Å²) < 4.78 is 25.5. The van der Waals surface area contributed by atoms with Gasteiger partial charge >= 0.3 is 0 Å². The molecule has 0 saturated carbocycles. The van der Waals surface area contributed by atoms with E-state index in [9.17, 15) is 13.2 Å². The average Bonchev–Trinajstić information content (AvgIpc) is 2.39. The number of nitrogens with one attached hydrogen (secondary N) is 2. The first kappa shape index (κ1) is 15.5. The lowest BCUT2D eigenvalue weighted by Crippen LogP contribution is -2.14. The summed E-state index contributed by atoms with van der Waals surface area (Å²) in [5, 5.41) is 2.75. The molecule has 0 spiro atoms. The van der Waals surface area contributed by atoms with Crippen LogP contribution in [0.15, 0.2) is 53.0 Å². The molecule has 0 aliphatic rings. The molecule has 0 aliphatic heterocycles. The summed E-state index contributed by atoms with van der Waals surface area (Å²) in [6, 6.07) is 13.5. The molecule has 2 rings (SSSR count). The monoisotopic (exact) mass is 368 g/mol. The number of halogens is 1. The number of para-hydroxylation sites is 1. The van der Waals surface area contributed by atoms with E-state index < -0.39 is 10.0 Å². The fourth-order valence-corrected chi connectivity index (χ4v) is 2.63. The third-order valence-corrected chi connectivity index (χ3v) is 3.85. The maximum absolute atomic E-state index is 12.2.